The first-order valence-electron chi connectivity index (χ1n) is 6.46. The van der Waals surface area contributed by atoms with Crippen molar-refractivity contribution in [2.45, 2.75) is 43.9 Å². The Kier molecular flexibility index (Phi) is 12.6. The quantitative estimate of drug-likeness (QED) is 0.250. The number of benzene rings is 1. The highest BCUT2D eigenvalue weighted by Gasteiger charge is 2.00. The van der Waals surface area contributed by atoms with Gasteiger partial charge >= 0.3 is 0 Å². The second-order valence-corrected chi connectivity index (χ2v) is 5.08. The molecule has 0 aliphatic rings. The van der Waals surface area contributed by atoms with Crippen LogP contribution in [0.5, 0.6) is 0 Å². The summed E-state index contributed by atoms with van der Waals surface area (Å²) >= 11 is 1.63. The van der Waals surface area contributed by atoms with Crippen molar-refractivity contribution in [1.82, 2.24) is 5.48 Å². The van der Waals surface area contributed by atoms with Crippen molar-refractivity contribution < 1.29 is 14.4 Å². The summed E-state index contributed by atoms with van der Waals surface area (Å²) in [5.41, 5.74) is 1.25. The van der Waals surface area contributed by atoms with Crippen molar-refractivity contribution >= 4 is 18.2 Å². The zero-order valence-electron chi connectivity index (χ0n) is 11.3. The second-order valence-electron chi connectivity index (χ2n) is 3.94. The summed E-state index contributed by atoms with van der Waals surface area (Å²) in [4.78, 5) is 9.60. The zero-order chi connectivity index (χ0) is 14.3. The first-order chi connectivity index (χ1) is 9.26. The molecule has 108 valence electrons. The molecule has 1 amide bonds. The van der Waals surface area contributed by atoms with Crippen LogP contribution in [0.25, 0.3) is 0 Å². The van der Waals surface area contributed by atoms with Crippen molar-refractivity contribution in [3.05, 3.63) is 30.1 Å². The number of hydroxylamine groups is 1. The van der Waals surface area contributed by atoms with Gasteiger partial charge in [0.05, 0.1) is 0 Å². The standard InChI is InChI=1S/C13H19FS.CH3NO2/c1-2-3-4-5-8-11-15-13-10-7-6-9-12(13)14;3-1-2-4/h6-7,9-10H,2-5,8,11H2,1H3;1,4H,(H,2,3). The van der Waals surface area contributed by atoms with E-state index in [0.717, 1.165) is 10.6 Å². The molecule has 3 nitrogen and oxygen atoms in total. The van der Waals surface area contributed by atoms with Crippen LogP contribution in [0.4, 0.5) is 4.39 Å². The van der Waals surface area contributed by atoms with Gasteiger partial charge < -0.3 is 0 Å². The van der Waals surface area contributed by atoms with Crippen LogP contribution in [0.1, 0.15) is 39.0 Å². The number of halogens is 1. The van der Waals surface area contributed by atoms with E-state index in [4.69, 9.17) is 10.0 Å². The molecular weight excluding hydrogens is 265 g/mol. The van der Waals surface area contributed by atoms with Crippen molar-refractivity contribution in [2.75, 3.05) is 5.75 Å². The Balaban J connectivity index is 0.000000711. The number of carbonyl (C=O) groups is 1. The third kappa shape index (κ3) is 10.5. The van der Waals surface area contributed by atoms with Crippen LogP contribution in [0.2, 0.25) is 0 Å². The Morgan fingerprint density at radius 2 is 1.89 bits per heavy atom. The third-order valence-electron chi connectivity index (χ3n) is 2.39. The summed E-state index contributed by atoms with van der Waals surface area (Å²) < 4.78 is 13.2. The highest BCUT2D eigenvalue weighted by Crippen LogP contribution is 2.22. The van der Waals surface area contributed by atoms with Gasteiger partial charge in [0, 0.05) is 4.90 Å². The van der Waals surface area contributed by atoms with Crippen molar-refractivity contribution in [2.24, 2.45) is 0 Å². The molecular formula is C14H22FNO2S. The molecule has 1 aromatic rings. The lowest BCUT2D eigenvalue weighted by Gasteiger charge is -2.02. The van der Waals surface area contributed by atoms with Gasteiger partial charge in [0.25, 0.3) is 0 Å². The number of hydrogen-bond donors (Lipinski definition) is 2. The molecule has 0 saturated heterocycles. The Morgan fingerprint density at radius 1 is 1.26 bits per heavy atom. The van der Waals surface area contributed by atoms with Crippen molar-refractivity contribution in [3.63, 3.8) is 0 Å². The molecule has 0 aliphatic heterocycles. The number of unbranched alkanes of at least 4 members (excludes halogenated alkanes) is 4. The molecule has 0 fully saturated rings. The van der Waals surface area contributed by atoms with E-state index < -0.39 is 0 Å². The second kappa shape index (κ2) is 13.4. The summed E-state index contributed by atoms with van der Waals surface area (Å²) in [7, 11) is 0. The molecule has 5 heteroatoms. The molecule has 0 aliphatic carbocycles. The molecule has 2 N–H and O–H groups in total. The van der Waals surface area contributed by atoms with Gasteiger partial charge in [0.1, 0.15) is 5.82 Å². The van der Waals surface area contributed by atoms with E-state index in [9.17, 15) is 4.39 Å². The highest BCUT2D eigenvalue weighted by molar-refractivity contribution is 7.99. The van der Waals surface area contributed by atoms with Crippen LogP contribution >= 0.6 is 11.8 Å². The summed E-state index contributed by atoms with van der Waals surface area (Å²) in [5.74, 6) is 0.945. The fourth-order valence-corrected chi connectivity index (χ4v) is 2.40. The van der Waals surface area contributed by atoms with Gasteiger partial charge in [-0.3, -0.25) is 10.0 Å². The normalized spacial score (nSPS) is 9.42. The van der Waals surface area contributed by atoms with E-state index in [1.807, 2.05) is 12.1 Å². The highest BCUT2D eigenvalue weighted by atomic mass is 32.2. The number of thioether (sulfide) groups is 1. The number of carbonyl (C=O) groups excluding carboxylic acids is 1. The zero-order valence-corrected chi connectivity index (χ0v) is 12.1. The number of amides is 1. The summed E-state index contributed by atoms with van der Waals surface area (Å²) in [6, 6.07) is 7.01. The minimum absolute atomic E-state index is 0.0870. The van der Waals surface area contributed by atoms with Crippen molar-refractivity contribution in [3.8, 4) is 0 Å². The Bertz CT molecular complexity index is 337. The summed E-state index contributed by atoms with van der Waals surface area (Å²) in [6.45, 7) is 2.22. The predicted octanol–water partition coefficient (Wildman–Crippen LogP) is 4.01. The average molecular weight is 287 g/mol. The van der Waals surface area contributed by atoms with Gasteiger partial charge in [0.2, 0.25) is 6.41 Å². The Labute approximate surface area is 118 Å². The minimum atomic E-state index is -0.0870. The molecule has 0 radical (unpaired) electrons. The summed E-state index contributed by atoms with van der Waals surface area (Å²) in [5, 5.41) is 7.26. The fourth-order valence-electron chi connectivity index (χ4n) is 1.45. The average Bonchev–Trinajstić information content (AvgIpc) is 2.45. The lowest BCUT2D eigenvalue weighted by molar-refractivity contribution is -0.116. The number of hydrogen-bond acceptors (Lipinski definition) is 3. The number of nitrogens with one attached hydrogen (secondary N) is 1. The van der Waals surface area contributed by atoms with E-state index in [0.29, 0.717) is 0 Å². The molecule has 19 heavy (non-hydrogen) atoms. The van der Waals surface area contributed by atoms with Crippen LogP contribution in [0, 0.1) is 5.82 Å². The Morgan fingerprint density at radius 3 is 2.47 bits per heavy atom. The minimum Gasteiger partial charge on any atom is -0.289 e. The maximum absolute atomic E-state index is 13.2. The van der Waals surface area contributed by atoms with Crippen LogP contribution in [-0.2, 0) is 4.79 Å². The smallest absolute Gasteiger partial charge is 0.230 e. The van der Waals surface area contributed by atoms with Gasteiger partial charge in [-0.05, 0) is 24.3 Å². The van der Waals surface area contributed by atoms with Crippen LogP contribution in [0.15, 0.2) is 29.2 Å². The fraction of sp³-hybridized carbons (Fsp3) is 0.500. The SMILES string of the molecule is CCCCCCCSc1ccccc1F.O=CNO. The Hall–Kier alpha value is -1.07. The van der Waals surface area contributed by atoms with Gasteiger partial charge in [-0.1, -0.05) is 44.7 Å². The molecule has 1 aromatic carbocycles. The van der Waals surface area contributed by atoms with Crippen molar-refractivity contribution in [1.29, 1.82) is 0 Å². The van der Waals surface area contributed by atoms with E-state index >= 15 is 0 Å². The first-order valence-corrected chi connectivity index (χ1v) is 7.45. The van der Waals surface area contributed by atoms with Crippen LogP contribution in [0.3, 0.4) is 0 Å². The molecule has 0 atom stereocenters. The third-order valence-corrected chi connectivity index (χ3v) is 3.53. The molecule has 0 aromatic heterocycles. The maximum atomic E-state index is 13.2. The maximum Gasteiger partial charge on any atom is 0.230 e. The number of rotatable bonds is 8. The molecule has 0 saturated carbocycles. The van der Waals surface area contributed by atoms with Gasteiger partial charge in [-0.25, -0.2) is 9.87 Å². The van der Waals surface area contributed by atoms with Crippen LogP contribution in [-0.4, -0.2) is 17.4 Å². The van der Waals surface area contributed by atoms with Gasteiger partial charge in [0.15, 0.2) is 0 Å². The lowest BCUT2D eigenvalue weighted by atomic mass is 10.2. The molecule has 0 bridgehead atoms. The topological polar surface area (TPSA) is 49.3 Å². The molecule has 1 rings (SSSR count). The first kappa shape index (κ1) is 17.9. The van der Waals surface area contributed by atoms with Gasteiger partial charge in [-0.2, -0.15) is 0 Å². The van der Waals surface area contributed by atoms with E-state index in [1.54, 1.807) is 17.8 Å². The molecule has 0 spiro atoms. The lowest BCUT2D eigenvalue weighted by Crippen LogP contribution is -1.99. The largest absolute Gasteiger partial charge is 0.289 e. The van der Waals surface area contributed by atoms with Gasteiger partial charge in [-0.15, -0.1) is 11.8 Å². The molecule has 0 heterocycles. The van der Waals surface area contributed by atoms with Crippen LogP contribution < -0.4 is 5.48 Å². The summed E-state index contributed by atoms with van der Waals surface area (Å²) in [6.07, 6.45) is 6.56. The van der Waals surface area contributed by atoms with E-state index in [1.165, 1.54) is 43.7 Å². The van der Waals surface area contributed by atoms with E-state index in [2.05, 4.69) is 6.92 Å². The van der Waals surface area contributed by atoms with E-state index in [-0.39, 0.29) is 12.2 Å². The monoisotopic (exact) mass is 287 g/mol. The predicted molar refractivity (Wildman–Crippen MR) is 76.9 cm³/mol. The molecule has 0 unspecified atom stereocenters.